The van der Waals surface area contributed by atoms with Crippen molar-refractivity contribution >= 4 is 0 Å². The van der Waals surface area contributed by atoms with Crippen LogP contribution >= 0.6 is 0 Å². The highest BCUT2D eigenvalue weighted by Gasteiger charge is 2.18. The number of ether oxygens (including phenoxy) is 1. The van der Waals surface area contributed by atoms with E-state index >= 15 is 0 Å². The minimum Gasteiger partial charge on any atom is -0.467 e. The van der Waals surface area contributed by atoms with Gasteiger partial charge < -0.3 is 4.74 Å². The van der Waals surface area contributed by atoms with Crippen LogP contribution in [0, 0.1) is 0 Å². The highest BCUT2D eigenvalue weighted by atomic mass is 16.5. The van der Waals surface area contributed by atoms with Crippen LogP contribution in [0.1, 0.15) is 31.9 Å². The van der Waals surface area contributed by atoms with Crippen LogP contribution in [-0.2, 0) is 6.54 Å². The summed E-state index contributed by atoms with van der Waals surface area (Å²) < 4.78 is 5.03. The fraction of sp³-hybridized carbons (Fsp3) is 0.667. The van der Waals surface area contributed by atoms with Crippen molar-refractivity contribution < 1.29 is 4.74 Å². The molecule has 0 bridgehead atoms. The van der Waals surface area contributed by atoms with Gasteiger partial charge in [-0.25, -0.2) is 4.98 Å². The lowest BCUT2D eigenvalue weighted by Gasteiger charge is -2.32. The van der Waals surface area contributed by atoms with Gasteiger partial charge in [0.15, 0.2) is 0 Å². The van der Waals surface area contributed by atoms with Crippen LogP contribution in [0.4, 0.5) is 0 Å². The minimum absolute atomic E-state index is 0.460. The van der Waals surface area contributed by atoms with E-state index in [0.29, 0.717) is 12.1 Å². The Bertz CT molecular complexity index is 343. The summed E-state index contributed by atoms with van der Waals surface area (Å²) in [5, 5.41) is 0. The maximum Gasteiger partial charge on any atom is 0.316 e. The van der Waals surface area contributed by atoms with E-state index in [0.717, 1.165) is 12.2 Å². The summed E-state index contributed by atoms with van der Waals surface area (Å²) in [5.74, 6) is 0. The SMILES string of the molecule is COc1nccc(CN2CCCCC2C)n1. The molecule has 0 radical (unpaired) electrons. The third kappa shape index (κ3) is 2.70. The lowest BCUT2D eigenvalue weighted by molar-refractivity contribution is 0.150. The first-order valence-corrected chi connectivity index (χ1v) is 5.89. The van der Waals surface area contributed by atoms with Crippen molar-refractivity contribution in [2.45, 2.75) is 38.8 Å². The van der Waals surface area contributed by atoms with Crippen LogP contribution in [0.3, 0.4) is 0 Å². The van der Waals surface area contributed by atoms with Gasteiger partial charge in [0.1, 0.15) is 0 Å². The first kappa shape index (κ1) is 11.3. The molecule has 2 rings (SSSR count). The van der Waals surface area contributed by atoms with Crippen molar-refractivity contribution in [3.8, 4) is 6.01 Å². The molecule has 0 amide bonds. The lowest BCUT2D eigenvalue weighted by atomic mass is 10.0. The molecule has 1 aromatic heterocycles. The Labute approximate surface area is 96.7 Å². The standard InChI is InChI=1S/C12H19N3O/c1-10-5-3-4-8-15(10)9-11-6-7-13-12(14-11)16-2/h6-7,10H,3-5,8-9H2,1-2H3. The fourth-order valence-electron chi connectivity index (χ4n) is 2.16. The number of likely N-dealkylation sites (tertiary alicyclic amines) is 1. The molecule has 88 valence electrons. The molecule has 1 aliphatic rings. The molecule has 1 aliphatic heterocycles. The molecule has 1 unspecified atom stereocenters. The van der Waals surface area contributed by atoms with Gasteiger partial charge in [-0.2, -0.15) is 4.98 Å². The summed E-state index contributed by atoms with van der Waals surface area (Å²) >= 11 is 0. The van der Waals surface area contributed by atoms with E-state index in [1.165, 1.54) is 25.8 Å². The monoisotopic (exact) mass is 221 g/mol. The first-order chi connectivity index (χ1) is 7.79. The van der Waals surface area contributed by atoms with Crippen molar-refractivity contribution in [2.24, 2.45) is 0 Å². The fourth-order valence-corrected chi connectivity index (χ4v) is 2.16. The van der Waals surface area contributed by atoms with Crippen LogP contribution in [-0.4, -0.2) is 34.6 Å². The van der Waals surface area contributed by atoms with E-state index < -0.39 is 0 Å². The highest BCUT2D eigenvalue weighted by Crippen LogP contribution is 2.18. The third-order valence-corrected chi connectivity index (χ3v) is 3.18. The van der Waals surface area contributed by atoms with Gasteiger partial charge in [-0.1, -0.05) is 6.42 Å². The number of hydrogen-bond donors (Lipinski definition) is 0. The van der Waals surface area contributed by atoms with Crippen molar-refractivity contribution in [1.82, 2.24) is 14.9 Å². The third-order valence-electron chi connectivity index (χ3n) is 3.18. The van der Waals surface area contributed by atoms with Gasteiger partial charge in [-0.3, -0.25) is 4.90 Å². The predicted octanol–water partition coefficient (Wildman–Crippen LogP) is 1.86. The summed E-state index contributed by atoms with van der Waals surface area (Å²) in [7, 11) is 1.60. The number of methoxy groups -OCH3 is 1. The summed E-state index contributed by atoms with van der Waals surface area (Å²) in [6.07, 6.45) is 5.70. The van der Waals surface area contributed by atoms with Crippen LogP contribution in [0.25, 0.3) is 0 Å². The summed E-state index contributed by atoms with van der Waals surface area (Å²) in [6, 6.07) is 3.08. The Hall–Kier alpha value is -1.16. The number of aromatic nitrogens is 2. The second-order valence-electron chi connectivity index (χ2n) is 4.35. The zero-order valence-corrected chi connectivity index (χ0v) is 10.0. The van der Waals surface area contributed by atoms with Crippen LogP contribution in [0.5, 0.6) is 6.01 Å². The number of rotatable bonds is 3. The van der Waals surface area contributed by atoms with Gasteiger partial charge in [-0.15, -0.1) is 0 Å². The van der Waals surface area contributed by atoms with Gasteiger partial charge in [0.05, 0.1) is 12.8 Å². The Morgan fingerprint density at radius 1 is 1.50 bits per heavy atom. The average molecular weight is 221 g/mol. The molecule has 1 fully saturated rings. The van der Waals surface area contributed by atoms with Gasteiger partial charge in [-0.05, 0) is 32.4 Å². The zero-order valence-electron chi connectivity index (χ0n) is 10.0. The minimum atomic E-state index is 0.460. The van der Waals surface area contributed by atoms with Crippen LogP contribution < -0.4 is 4.74 Å². The topological polar surface area (TPSA) is 38.2 Å². The van der Waals surface area contributed by atoms with Gasteiger partial charge >= 0.3 is 6.01 Å². The molecule has 1 saturated heterocycles. The molecule has 0 aromatic carbocycles. The highest BCUT2D eigenvalue weighted by molar-refractivity contribution is 5.05. The maximum atomic E-state index is 5.03. The molecule has 1 aromatic rings. The van der Waals surface area contributed by atoms with Crippen molar-refractivity contribution in [3.05, 3.63) is 18.0 Å². The molecule has 4 heteroatoms. The number of nitrogens with zero attached hydrogens (tertiary/aromatic N) is 3. The van der Waals surface area contributed by atoms with E-state index in [2.05, 4.69) is 21.8 Å². The van der Waals surface area contributed by atoms with E-state index in [9.17, 15) is 0 Å². The van der Waals surface area contributed by atoms with Gasteiger partial charge in [0.25, 0.3) is 0 Å². The van der Waals surface area contributed by atoms with Crippen LogP contribution in [0.2, 0.25) is 0 Å². The summed E-state index contributed by atoms with van der Waals surface area (Å²) in [5.41, 5.74) is 1.04. The predicted molar refractivity (Wildman–Crippen MR) is 62.3 cm³/mol. The molecular weight excluding hydrogens is 202 g/mol. The maximum absolute atomic E-state index is 5.03. The second kappa shape index (κ2) is 5.25. The molecule has 1 atom stereocenters. The summed E-state index contributed by atoms with van der Waals surface area (Å²) in [6.45, 7) is 4.37. The lowest BCUT2D eigenvalue weighted by Crippen LogP contribution is -2.36. The average Bonchev–Trinajstić information content (AvgIpc) is 2.32. The number of hydrogen-bond acceptors (Lipinski definition) is 4. The Kier molecular flexibility index (Phi) is 3.72. The van der Waals surface area contributed by atoms with E-state index in [-0.39, 0.29) is 0 Å². The van der Waals surface area contributed by atoms with Crippen LogP contribution in [0.15, 0.2) is 12.3 Å². The molecule has 16 heavy (non-hydrogen) atoms. The van der Waals surface area contributed by atoms with Crippen molar-refractivity contribution in [2.75, 3.05) is 13.7 Å². The van der Waals surface area contributed by atoms with E-state index in [1.807, 2.05) is 6.07 Å². The second-order valence-corrected chi connectivity index (χ2v) is 4.35. The molecule has 0 aliphatic carbocycles. The molecule has 0 spiro atoms. The Balaban J connectivity index is 2.01. The smallest absolute Gasteiger partial charge is 0.316 e. The van der Waals surface area contributed by atoms with Gasteiger partial charge in [0.2, 0.25) is 0 Å². The summed E-state index contributed by atoms with van der Waals surface area (Å²) in [4.78, 5) is 10.8. The number of piperidine rings is 1. The molecule has 0 N–H and O–H groups in total. The van der Waals surface area contributed by atoms with Crippen molar-refractivity contribution in [3.63, 3.8) is 0 Å². The normalized spacial score (nSPS) is 22.0. The molecule has 2 heterocycles. The zero-order chi connectivity index (χ0) is 11.4. The van der Waals surface area contributed by atoms with E-state index in [1.54, 1.807) is 13.3 Å². The van der Waals surface area contributed by atoms with E-state index in [4.69, 9.17) is 4.74 Å². The largest absolute Gasteiger partial charge is 0.467 e. The Morgan fingerprint density at radius 2 is 2.38 bits per heavy atom. The quantitative estimate of drug-likeness (QED) is 0.781. The Morgan fingerprint density at radius 3 is 3.12 bits per heavy atom. The molecule has 4 nitrogen and oxygen atoms in total. The van der Waals surface area contributed by atoms with Crippen molar-refractivity contribution in [1.29, 1.82) is 0 Å². The molecule has 0 saturated carbocycles. The first-order valence-electron chi connectivity index (χ1n) is 5.89. The van der Waals surface area contributed by atoms with Gasteiger partial charge in [0, 0.05) is 18.8 Å². The molecular formula is C12H19N3O.